The van der Waals surface area contributed by atoms with Gasteiger partial charge in [-0.3, -0.25) is 14.6 Å². The van der Waals surface area contributed by atoms with Gasteiger partial charge in [-0.2, -0.15) is 0 Å². The molecule has 2 heterocycles. The van der Waals surface area contributed by atoms with E-state index >= 15 is 0 Å². The summed E-state index contributed by atoms with van der Waals surface area (Å²) in [5, 5.41) is 0.796. The number of benzene rings is 2. The van der Waals surface area contributed by atoms with Crippen LogP contribution in [0.5, 0.6) is 0 Å². The zero-order valence-electron chi connectivity index (χ0n) is 14.9. The topological polar surface area (TPSA) is 63.2 Å². The molecule has 0 bridgehead atoms. The summed E-state index contributed by atoms with van der Waals surface area (Å²) in [7, 11) is 0. The predicted octanol–water partition coefficient (Wildman–Crippen LogP) is 4.67. The average Bonchev–Trinajstić information content (AvgIpc) is 2.74. The van der Waals surface area contributed by atoms with E-state index in [4.69, 9.17) is 23.2 Å². The van der Waals surface area contributed by atoms with Gasteiger partial charge in [-0.15, -0.1) is 0 Å². The van der Waals surface area contributed by atoms with Crippen LogP contribution in [0.15, 0.2) is 48.7 Å². The third-order valence-corrected chi connectivity index (χ3v) is 5.76. The van der Waals surface area contributed by atoms with Crippen LogP contribution in [0.1, 0.15) is 33.7 Å². The molecule has 1 amide bonds. The molecule has 0 spiro atoms. The summed E-state index contributed by atoms with van der Waals surface area (Å²) < 4.78 is 0. The van der Waals surface area contributed by atoms with Gasteiger partial charge >= 0.3 is 0 Å². The lowest BCUT2D eigenvalue weighted by Crippen LogP contribution is -2.40. The van der Waals surface area contributed by atoms with Crippen LogP contribution in [0.4, 0.5) is 0 Å². The second-order valence-electron chi connectivity index (χ2n) is 6.80. The maximum atomic E-state index is 12.8. The lowest BCUT2D eigenvalue weighted by atomic mass is 9.89. The highest BCUT2D eigenvalue weighted by atomic mass is 35.5. The summed E-state index contributed by atoms with van der Waals surface area (Å²) in [4.78, 5) is 36.0. The first kappa shape index (κ1) is 18.8. The fourth-order valence-corrected chi connectivity index (χ4v) is 3.75. The number of fused-ring (bicyclic) bond motifs is 1. The highest BCUT2D eigenvalue weighted by Gasteiger charge is 2.29. The molecule has 3 aromatic rings. The molecule has 0 atom stereocenters. The Hall–Kier alpha value is -2.50. The van der Waals surface area contributed by atoms with Crippen LogP contribution in [0.3, 0.4) is 0 Å². The fraction of sp³-hybridized carbons (Fsp3) is 0.238. The van der Waals surface area contributed by atoms with Crippen LogP contribution < -0.4 is 0 Å². The molecule has 1 aliphatic rings. The maximum Gasteiger partial charge on any atom is 0.274 e. The van der Waals surface area contributed by atoms with Gasteiger partial charge in [0.25, 0.3) is 5.91 Å². The SMILES string of the molecule is O=C(c1ccc(Cl)c(Cl)c1)C1CCN(C(=O)c2cnc3ccccc3n2)CC1. The van der Waals surface area contributed by atoms with Gasteiger partial charge in [-0.05, 0) is 43.2 Å². The van der Waals surface area contributed by atoms with Crippen molar-refractivity contribution in [1.29, 1.82) is 0 Å². The van der Waals surface area contributed by atoms with Crippen LogP contribution in [0, 0.1) is 5.92 Å². The summed E-state index contributed by atoms with van der Waals surface area (Å²) in [5.41, 5.74) is 2.33. The molecular formula is C21H17Cl2N3O2. The minimum absolute atomic E-state index is 0.0381. The van der Waals surface area contributed by atoms with E-state index < -0.39 is 0 Å². The largest absolute Gasteiger partial charge is 0.337 e. The monoisotopic (exact) mass is 413 g/mol. The molecule has 142 valence electrons. The number of rotatable bonds is 3. The van der Waals surface area contributed by atoms with Crippen molar-refractivity contribution in [2.24, 2.45) is 5.92 Å². The molecule has 1 fully saturated rings. The van der Waals surface area contributed by atoms with E-state index in [0.717, 1.165) is 5.52 Å². The Kier molecular flexibility index (Phi) is 5.29. The number of para-hydroxylation sites is 2. The quantitative estimate of drug-likeness (QED) is 0.585. The molecule has 28 heavy (non-hydrogen) atoms. The first-order valence-electron chi connectivity index (χ1n) is 9.03. The Labute approximate surface area is 172 Å². The number of amides is 1. The number of nitrogens with zero attached hydrogens (tertiary/aromatic N) is 3. The lowest BCUT2D eigenvalue weighted by Gasteiger charge is -2.31. The van der Waals surface area contributed by atoms with Crippen LogP contribution in [-0.2, 0) is 0 Å². The molecule has 1 aliphatic heterocycles. The highest BCUT2D eigenvalue weighted by Crippen LogP contribution is 2.27. The number of carbonyl (C=O) groups excluding carboxylic acids is 2. The molecule has 1 aromatic heterocycles. The van der Waals surface area contributed by atoms with Crippen LogP contribution in [-0.4, -0.2) is 39.6 Å². The molecule has 0 saturated carbocycles. The Balaban J connectivity index is 1.43. The maximum absolute atomic E-state index is 12.8. The highest BCUT2D eigenvalue weighted by molar-refractivity contribution is 6.42. The second-order valence-corrected chi connectivity index (χ2v) is 7.62. The van der Waals surface area contributed by atoms with Gasteiger partial charge in [0.05, 0.1) is 27.3 Å². The third-order valence-electron chi connectivity index (χ3n) is 5.02. The summed E-state index contributed by atoms with van der Waals surface area (Å²) in [6, 6.07) is 12.4. The standard InChI is InChI=1S/C21H17Cl2N3O2/c22-15-6-5-14(11-16(15)23)20(27)13-7-9-26(10-8-13)21(28)19-12-24-17-3-1-2-4-18(17)25-19/h1-6,11-13H,7-10H2. The Morgan fingerprint density at radius 2 is 1.68 bits per heavy atom. The molecule has 0 radical (unpaired) electrons. The molecule has 1 saturated heterocycles. The number of carbonyl (C=O) groups is 2. The molecule has 0 unspecified atom stereocenters. The van der Waals surface area contributed by atoms with Crippen LogP contribution in [0.25, 0.3) is 11.0 Å². The van der Waals surface area contributed by atoms with E-state index in [2.05, 4.69) is 9.97 Å². The van der Waals surface area contributed by atoms with Gasteiger partial charge in [0, 0.05) is 24.6 Å². The molecule has 0 aliphatic carbocycles. The second kappa shape index (κ2) is 7.86. The number of hydrogen-bond acceptors (Lipinski definition) is 4. The molecule has 4 rings (SSSR count). The minimum Gasteiger partial charge on any atom is -0.337 e. The van der Waals surface area contributed by atoms with Crippen molar-refractivity contribution < 1.29 is 9.59 Å². The van der Waals surface area contributed by atoms with Crippen molar-refractivity contribution >= 4 is 45.9 Å². The van der Waals surface area contributed by atoms with Crippen LogP contribution in [0.2, 0.25) is 10.0 Å². The Morgan fingerprint density at radius 1 is 0.964 bits per heavy atom. The zero-order chi connectivity index (χ0) is 19.7. The fourth-order valence-electron chi connectivity index (χ4n) is 3.45. The minimum atomic E-state index is -0.154. The van der Waals surface area contributed by atoms with Crippen molar-refractivity contribution in [2.75, 3.05) is 13.1 Å². The normalized spacial score (nSPS) is 15.0. The van der Waals surface area contributed by atoms with Gasteiger partial charge in [-0.1, -0.05) is 35.3 Å². The van der Waals surface area contributed by atoms with Crippen molar-refractivity contribution in [1.82, 2.24) is 14.9 Å². The molecule has 2 aromatic carbocycles. The van der Waals surface area contributed by atoms with Crippen molar-refractivity contribution in [3.8, 4) is 0 Å². The first-order valence-corrected chi connectivity index (χ1v) is 9.79. The first-order chi connectivity index (χ1) is 13.5. The van der Waals surface area contributed by atoms with Gasteiger partial charge in [0.2, 0.25) is 0 Å². The summed E-state index contributed by atoms with van der Waals surface area (Å²) in [6.45, 7) is 1.01. The van der Waals surface area contributed by atoms with E-state index in [1.165, 1.54) is 6.20 Å². The number of likely N-dealkylation sites (tertiary alicyclic amines) is 1. The van der Waals surface area contributed by atoms with Gasteiger partial charge in [0.1, 0.15) is 5.69 Å². The molecule has 5 nitrogen and oxygen atoms in total. The molecular weight excluding hydrogens is 397 g/mol. The molecule has 0 N–H and O–H groups in total. The van der Waals surface area contributed by atoms with Crippen molar-refractivity contribution in [3.05, 3.63) is 70.0 Å². The van der Waals surface area contributed by atoms with Crippen LogP contribution >= 0.6 is 23.2 Å². The summed E-state index contributed by atoms with van der Waals surface area (Å²) >= 11 is 11.9. The number of Topliss-reactive ketones (excluding diaryl/α,β-unsaturated/α-hetero) is 1. The van der Waals surface area contributed by atoms with E-state index in [0.29, 0.717) is 52.8 Å². The number of ketones is 1. The number of piperidine rings is 1. The van der Waals surface area contributed by atoms with Crippen molar-refractivity contribution in [3.63, 3.8) is 0 Å². The van der Waals surface area contributed by atoms with Gasteiger partial charge < -0.3 is 4.90 Å². The zero-order valence-corrected chi connectivity index (χ0v) is 16.5. The van der Waals surface area contributed by atoms with Gasteiger partial charge in [-0.25, -0.2) is 4.98 Å². The molecule has 7 heteroatoms. The van der Waals surface area contributed by atoms with E-state index in [-0.39, 0.29) is 17.6 Å². The third kappa shape index (κ3) is 3.73. The number of halogens is 2. The van der Waals surface area contributed by atoms with E-state index in [9.17, 15) is 9.59 Å². The van der Waals surface area contributed by atoms with Crippen molar-refractivity contribution in [2.45, 2.75) is 12.8 Å². The Bertz CT molecular complexity index is 1060. The number of hydrogen-bond donors (Lipinski definition) is 0. The summed E-state index contributed by atoms with van der Waals surface area (Å²) in [6.07, 6.45) is 2.72. The predicted molar refractivity (Wildman–Crippen MR) is 109 cm³/mol. The average molecular weight is 414 g/mol. The summed E-state index contributed by atoms with van der Waals surface area (Å²) in [5.74, 6) is -0.251. The van der Waals surface area contributed by atoms with E-state index in [1.807, 2.05) is 24.3 Å². The smallest absolute Gasteiger partial charge is 0.274 e. The Morgan fingerprint density at radius 3 is 2.39 bits per heavy atom. The van der Waals surface area contributed by atoms with E-state index in [1.54, 1.807) is 23.1 Å². The lowest BCUT2D eigenvalue weighted by molar-refractivity contribution is 0.0645. The number of aromatic nitrogens is 2. The van der Waals surface area contributed by atoms with Gasteiger partial charge in [0.15, 0.2) is 5.78 Å².